The zero-order valence-corrected chi connectivity index (χ0v) is 13.2. The summed E-state index contributed by atoms with van der Waals surface area (Å²) in [5.74, 6) is -1.89. The number of hydrogen-bond donors (Lipinski definition) is 3. The zero-order valence-electron chi connectivity index (χ0n) is 13.2. The highest BCUT2D eigenvalue weighted by Crippen LogP contribution is 2.19. The highest BCUT2D eigenvalue weighted by atomic mass is 17.2. The van der Waals surface area contributed by atoms with Gasteiger partial charge in [0, 0.05) is 0 Å². The van der Waals surface area contributed by atoms with E-state index in [0.717, 1.165) is 12.8 Å². The minimum Gasteiger partial charge on any atom is -0.478 e. The Morgan fingerprint density at radius 3 is 2.04 bits per heavy atom. The molecule has 0 amide bonds. The molecule has 1 fully saturated rings. The SMILES string of the molecule is O=C(O)c1ccc(C(=O)OOCO)cc1.OCOC1CCCCC1. The number of aliphatic hydroxyl groups is 2. The lowest BCUT2D eigenvalue weighted by atomic mass is 9.98. The van der Waals surface area contributed by atoms with Crippen LogP contribution in [-0.4, -0.2) is 46.9 Å². The molecular formula is C16H22O8. The van der Waals surface area contributed by atoms with Crippen molar-refractivity contribution in [2.45, 2.75) is 38.2 Å². The van der Waals surface area contributed by atoms with E-state index in [4.69, 9.17) is 20.1 Å². The first-order valence-corrected chi connectivity index (χ1v) is 7.59. The van der Waals surface area contributed by atoms with Crippen molar-refractivity contribution in [3.05, 3.63) is 35.4 Å². The van der Waals surface area contributed by atoms with E-state index in [-0.39, 0.29) is 17.9 Å². The van der Waals surface area contributed by atoms with E-state index in [1.165, 1.54) is 43.5 Å². The smallest absolute Gasteiger partial charge is 0.373 e. The van der Waals surface area contributed by atoms with Gasteiger partial charge in [-0.1, -0.05) is 19.3 Å². The van der Waals surface area contributed by atoms with Gasteiger partial charge in [0.25, 0.3) is 0 Å². The quantitative estimate of drug-likeness (QED) is 0.406. The molecule has 1 aromatic carbocycles. The molecule has 0 spiro atoms. The summed E-state index contributed by atoms with van der Waals surface area (Å²) < 4.78 is 5.04. The molecule has 1 aromatic rings. The molecule has 0 aromatic heterocycles. The number of aromatic carboxylic acids is 1. The Bertz CT molecular complexity index is 491. The number of benzene rings is 1. The molecule has 24 heavy (non-hydrogen) atoms. The van der Waals surface area contributed by atoms with Gasteiger partial charge >= 0.3 is 11.9 Å². The second kappa shape index (κ2) is 11.5. The fourth-order valence-corrected chi connectivity index (χ4v) is 2.21. The third-order valence-corrected chi connectivity index (χ3v) is 3.42. The normalized spacial score (nSPS) is 14.4. The van der Waals surface area contributed by atoms with Crippen molar-refractivity contribution in [2.75, 3.05) is 13.6 Å². The van der Waals surface area contributed by atoms with Crippen molar-refractivity contribution in [1.82, 2.24) is 0 Å². The Labute approximate surface area is 139 Å². The minimum atomic E-state index is -1.08. The monoisotopic (exact) mass is 342 g/mol. The summed E-state index contributed by atoms with van der Waals surface area (Å²) in [6.07, 6.45) is 6.51. The molecule has 0 atom stereocenters. The van der Waals surface area contributed by atoms with Crippen molar-refractivity contribution in [3.63, 3.8) is 0 Å². The molecule has 1 aliphatic rings. The number of rotatable bonds is 6. The second-order valence-electron chi connectivity index (χ2n) is 5.06. The standard InChI is InChI=1S/C9H8O6.C7H14O2/c10-5-14-15-9(13)7-3-1-6(2-4-7)8(11)12;8-6-9-7-4-2-1-3-5-7/h1-4,10H,5H2,(H,11,12);7-8H,1-6H2. The molecule has 134 valence electrons. The first kappa shape index (κ1) is 20.0. The molecule has 1 saturated carbocycles. The van der Waals surface area contributed by atoms with E-state index in [0.29, 0.717) is 6.10 Å². The lowest BCUT2D eigenvalue weighted by Crippen LogP contribution is -2.16. The van der Waals surface area contributed by atoms with E-state index < -0.39 is 18.7 Å². The lowest BCUT2D eigenvalue weighted by Gasteiger charge is -2.20. The van der Waals surface area contributed by atoms with E-state index in [1.54, 1.807) is 0 Å². The second-order valence-corrected chi connectivity index (χ2v) is 5.06. The molecule has 1 aliphatic carbocycles. The number of ether oxygens (including phenoxy) is 1. The molecule has 0 heterocycles. The molecule has 0 saturated heterocycles. The van der Waals surface area contributed by atoms with Gasteiger partial charge in [0.05, 0.1) is 17.2 Å². The maximum atomic E-state index is 11.1. The van der Waals surface area contributed by atoms with Gasteiger partial charge in [-0.25, -0.2) is 9.59 Å². The predicted molar refractivity (Wildman–Crippen MR) is 82.0 cm³/mol. The van der Waals surface area contributed by atoms with Gasteiger partial charge in [0.2, 0.25) is 0 Å². The fraction of sp³-hybridized carbons (Fsp3) is 0.500. The highest BCUT2D eigenvalue weighted by Gasteiger charge is 2.12. The third-order valence-electron chi connectivity index (χ3n) is 3.42. The zero-order chi connectivity index (χ0) is 17.8. The predicted octanol–water partition coefficient (Wildman–Crippen LogP) is 1.71. The number of carbonyl (C=O) groups is 2. The van der Waals surface area contributed by atoms with Crippen LogP contribution in [0.15, 0.2) is 24.3 Å². The van der Waals surface area contributed by atoms with Crippen molar-refractivity contribution >= 4 is 11.9 Å². The largest absolute Gasteiger partial charge is 0.478 e. The van der Waals surface area contributed by atoms with Crippen LogP contribution in [0.25, 0.3) is 0 Å². The molecule has 0 radical (unpaired) electrons. The number of aliphatic hydroxyl groups excluding tert-OH is 2. The highest BCUT2D eigenvalue weighted by molar-refractivity contribution is 5.92. The molecule has 0 unspecified atom stereocenters. The number of carbonyl (C=O) groups excluding carboxylic acids is 1. The summed E-state index contributed by atoms with van der Waals surface area (Å²) in [6.45, 7) is -0.844. The number of carboxylic acid groups (broad SMARTS) is 1. The van der Waals surface area contributed by atoms with Crippen LogP contribution in [0.2, 0.25) is 0 Å². The van der Waals surface area contributed by atoms with E-state index in [1.807, 2.05) is 0 Å². The Morgan fingerprint density at radius 1 is 0.958 bits per heavy atom. The Hall–Kier alpha value is -2.00. The van der Waals surface area contributed by atoms with Crippen LogP contribution in [0.5, 0.6) is 0 Å². The van der Waals surface area contributed by atoms with Crippen LogP contribution < -0.4 is 0 Å². The first-order chi connectivity index (χ1) is 11.6. The minimum absolute atomic E-state index is 0.0645. The summed E-state index contributed by atoms with van der Waals surface area (Å²) in [5.41, 5.74) is 0.197. The summed E-state index contributed by atoms with van der Waals surface area (Å²) in [5, 5.41) is 25.2. The van der Waals surface area contributed by atoms with E-state index in [9.17, 15) is 9.59 Å². The van der Waals surface area contributed by atoms with Gasteiger partial charge in [-0.3, -0.25) is 4.89 Å². The van der Waals surface area contributed by atoms with Crippen molar-refractivity contribution < 1.29 is 39.4 Å². The molecular weight excluding hydrogens is 320 g/mol. The van der Waals surface area contributed by atoms with Gasteiger partial charge in [0.1, 0.15) is 6.79 Å². The number of carboxylic acids is 1. The van der Waals surface area contributed by atoms with Crippen LogP contribution in [0.3, 0.4) is 0 Å². The van der Waals surface area contributed by atoms with E-state index >= 15 is 0 Å². The van der Waals surface area contributed by atoms with Gasteiger partial charge in [-0.15, -0.1) is 0 Å². The van der Waals surface area contributed by atoms with Crippen LogP contribution in [0.4, 0.5) is 0 Å². The van der Waals surface area contributed by atoms with Crippen molar-refractivity contribution in [3.8, 4) is 0 Å². The topological polar surface area (TPSA) is 123 Å². The molecule has 8 nitrogen and oxygen atoms in total. The maximum Gasteiger partial charge on any atom is 0.373 e. The Kier molecular flexibility index (Phi) is 9.62. The molecule has 3 N–H and O–H groups in total. The number of hydrogen-bond acceptors (Lipinski definition) is 7. The van der Waals surface area contributed by atoms with Gasteiger partial charge in [0.15, 0.2) is 6.79 Å². The Morgan fingerprint density at radius 2 is 1.54 bits per heavy atom. The van der Waals surface area contributed by atoms with Crippen molar-refractivity contribution in [2.24, 2.45) is 0 Å². The summed E-state index contributed by atoms with van der Waals surface area (Å²) in [7, 11) is 0. The summed E-state index contributed by atoms with van der Waals surface area (Å²) in [6, 6.07) is 5.09. The average Bonchev–Trinajstić information content (AvgIpc) is 2.61. The third kappa shape index (κ3) is 7.51. The first-order valence-electron chi connectivity index (χ1n) is 7.59. The van der Waals surface area contributed by atoms with Crippen LogP contribution in [0, 0.1) is 0 Å². The molecule has 8 heteroatoms. The summed E-state index contributed by atoms with van der Waals surface area (Å²) >= 11 is 0. The van der Waals surface area contributed by atoms with Crippen LogP contribution in [0.1, 0.15) is 52.8 Å². The van der Waals surface area contributed by atoms with Crippen LogP contribution in [-0.2, 0) is 14.5 Å². The van der Waals surface area contributed by atoms with Crippen molar-refractivity contribution in [1.29, 1.82) is 0 Å². The Balaban J connectivity index is 0.000000272. The maximum absolute atomic E-state index is 11.1. The van der Waals surface area contributed by atoms with Gasteiger partial charge in [-0.05, 0) is 37.1 Å². The van der Waals surface area contributed by atoms with E-state index in [2.05, 4.69) is 9.78 Å². The van der Waals surface area contributed by atoms with Crippen LogP contribution >= 0.6 is 0 Å². The molecule has 2 rings (SSSR count). The lowest BCUT2D eigenvalue weighted by molar-refractivity contribution is -0.280. The molecule has 0 aliphatic heterocycles. The van der Waals surface area contributed by atoms with Gasteiger partial charge in [-0.2, -0.15) is 4.89 Å². The average molecular weight is 342 g/mol. The molecule has 0 bridgehead atoms. The fourth-order valence-electron chi connectivity index (χ4n) is 2.21. The summed E-state index contributed by atoms with van der Waals surface area (Å²) in [4.78, 5) is 29.7. The van der Waals surface area contributed by atoms with Gasteiger partial charge < -0.3 is 20.1 Å².